The van der Waals surface area contributed by atoms with E-state index in [-0.39, 0.29) is 0 Å². The number of ether oxygens (including phenoxy) is 1. The summed E-state index contributed by atoms with van der Waals surface area (Å²) >= 11 is 0. The van der Waals surface area contributed by atoms with Gasteiger partial charge in [0.1, 0.15) is 5.82 Å². The lowest BCUT2D eigenvalue weighted by atomic mass is 9.90. The van der Waals surface area contributed by atoms with Crippen LogP contribution in [0.15, 0.2) is 18.2 Å². The minimum Gasteiger partial charge on any atom is -0.478 e. The van der Waals surface area contributed by atoms with E-state index in [2.05, 4.69) is 28.2 Å². The summed E-state index contributed by atoms with van der Waals surface area (Å²) in [6.07, 6.45) is 2.45. The summed E-state index contributed by atoms with van der Waals surface area (Å²) in [5.74, 6) is 2.54. The molecule has 0 spiro atoms. The van der Waals surface area contributed by atoms with Crippen molar-refractivity contribution >= 4 is 5.82 Å². The predicted octanol–water partition coefficient (Wildman–Crippen LogP) is 2.30. The monoisotopic (exact) mass is 263 g/mol. The first-order valence-corrected chi connectivity index (χ1v) is 7.26. The highest BCUT2D eigenvalue weighted by Crippen LogP contribution is 2.25. The van der Waals surface area contributed by atoms with E-state index >= 15 is 0 Å². The highest BCUT2D eigenvalue weighted by atomic mass is 16.5. The van der Waals surface area contributed by atoms with Crippen LogP contribution in [0.2, 0.25) is 0 Å². The zero-order valence-corrected chi connectivity index (χ0v) is 12.2. The number of hydrogen-bond acceptors (Lipinski definition) is 4. The maximum atomic E-state index is 5.47. The lowest BCUT2D eigenvalue weighted by molar-refractivity contribution is 0.317. The average molecular weight is 263 g/mol. The molecule has 0 amide bonds. The molecule has 4 heteroatoms. The van der Waals surface area contributed by atoms with Gasteiger partial charge in [0.05, 0.1) is 6.61 Å². The number of nitrogens with one attached hydrogen (secondary N) is 1. The standard InChI is InChI=1S/C15H25N3O/c1-4-19-15-7-5-6-14(17-15)18-10-8-13(9-11-18)12(2)16-3/h5-7,12-13,16H,4,8-11H2,1-3H3. The molecule has 0 radical (unpaired) electrons. The summed E-state index contributed by atoms with van der Waals surface area (Å²) in [6, 6.07) is 6.62. The third-order valence-corrected chi connectivity index (χ3v) is 4.03. The van der Waals surface area contributed by atoms with Gasteiger partial charge in [0, 0.05) is 25.2 Å². The Morgan fingerprint density at radius 3 is 2.79 bits per heavy atom. The third kappa shape index (κ3) is 3.60. The lowest BCUT2D eigenvalue weighted by Crippen LogP contribution is -2.41. The fourth-order valence-electron chi connectivity index (χ4n) is 2.67. The number of pyridine rings is 1. The Bertz CT molecular complexity index is 389. The summed E-state index contributed by atoms with van der Waals surface area (Å²) in [7, 11) is 2.05. The van der Waals surface area contributed by atoms with Crippen LogP contribution in [0.3, 0.4) is 0 Å². The topological polar surface area (TPSA) is 37.4 Å². The molecule has 1 aliphatic heterocycles. The van der Waals surface area contributed by atoms with E-state index in [0.717, 1.165) is 30.7 Å². The quantitative estimate of drug-likeness (QED) is 0.884. The number of hydrogen-bond donors (Lipinski definition) is 1. The zero-order valence-electron chi connectivity index (χ0n) is 12.2. The molecule has 1 N–H and O–H groups in total. The Balaban J connectivity index is 1.95. The Morgan fingerprint density at radius 2 is 2.16 bits per heavy atom. The molecule has 1 aliphatic rings. The molecule has 1 aromatic heterocycles. The first-order valence-electron chi connectivity index (χ1n) is 7.26. The van der Waals surface area contributed by atoms with E-state index in [4.69, 9.17) is 4.74 Å². The second-order valence-electron chi connectivity index (χ2n) is 5.17. The Morgan fingerprint density at radius 1 is 1.42 bits per heavy atom. The first-order chi connectivity index (χ1) is 9.24. The molecular weight excluding hydrogens is 238 g/mol. The molecule has 2 rings (SSSR count). The van der Waals surface area contributed by atoms with Gasteiger partial charge in [-0.05, 0) is 45.7 Å². The van der Waals surface area contributed by atoms with Crippen LogP contribution in [-0.2, 0) is 0 Å². The van der Waals surface area contributed by atoms with E-state index in [0.29, 0.717) is 12.6 Å². The minimum absolute atomic E-state index is 0.602. The van der Waals surface area contributed by atoms with Crippen molar-refractivity contribution in [2.24, 2.45) is 5.92 Å². The number of nitrogens with zero attached hydrogens (tertiary/aromatic N) is 2. The molecule has 106 valence electrons. The van der Waals surface area contributed by atoms with E-state index in [1.54, 1.807) is 0 Å². The highest BCUT2D eigenvalue weighted by Gasteiger charge is 2.23. The molecule has 2 heterocycles. The van der Waals surface area contributed by atoms with Gasteiger partial charge in [-0.25, -0.2) is 0 Å². The van der Waals surface area contributed by atoms with E-state index in [1.165, 1.54) is 12.8 Å². The molecule has 1 aromatic rings. The van der Waals surface area contributed by atoms with Crippen LogP contribution < -0.4 is 15.0 Å². The van der Waals surface area contributed by atoms with E-state index < -0.39 is 0 Å². The van der Waals surface area contributed by atoms with Crippen molar-refractivity contribution in [3.63, 3.8) is 0 Å². The fraction of sp³-hybridized carbons (Fsp3) is 0.667. The van der Waals surface area contributed by atoms with Gasteiger partial charge in [0.25, 0.3) is 0 Å². The maximum Gasteiger partial charge on any atom is 0.215 e. The number of anilines is 1. The van der Waals surface area contributed by atoms with Crippen molar-refractivity contribution in [3.8, 4) is 5.88 Å². The summed E-state index contributed by atoms with van der Waals surface area (Å²) in [6.45, 7) is 7.09. The van der Waals surface area contributed by atoms with Gasteiger partial charge in [-0.15, -0.1) is 0 Å². The van der Waals surface area contributed by atoms with Crippen LogP contribution in [0, 0.1) is 5.92 Å². The van der Waals surface area contributed by atoms with Crippen molar-refractivity contribution in [3.05, 3.63) is 18.2 Å². The zero-order chi connectivity index (χ0) is 13.7. The molecular formula is C15H25N3O. The fourth-order valence-corrected chi connectivity index (χ4v) is 2.67. The summed E-state index contributed by atoms with van der Waals surface area (Å²) in [5.41, 5.74) is 0. The van der Waals surface area contributed by atoms with Crippen LogP contribution in [0.25, 0.3) is 0 Å². The Kier molecular flexibility index (Phi) is 5.02. The average Bonchev–Trinajstić information content (AvgIpc) is 2.47. The van der Waals surface area contributed by atoms with Gasteiger partial charge in [-0.2, -0.15) is 4.98 Å². The Hall–Kier alpha value is -1.29. The SMILES string of the molecule is CCOc1cccc(N2CCC(C(C)NC)CC2)n1. The molecule has 1 fully saturated rings. The van der Waals surface area contributed by atoms with Gasteiger partial charge in [-0.3, -0.25) is 0 Å². The maximum absolute atomic E-state index is 5.47. The second kappa shape index (κ2) is 6.75. The van der Waals surface area contributed by atoms with Gasteiger partial charge in [-0.1, -0.05) is 6.07 Å². The van der Waals surface area contributed by atoms with Gasteiger partial charge < -0.3 is 15.0 Å². The van der Waals surface area contributed by atoms with Gasteiger partial charge >= 0.3 is 0 Å². The molecule has 0 aliphatic carbocycles. The largest absolute Gasteiger partial charge is 0.478 e. The third-order valence-electron chi connectivity index (χ3n) is 4.03. The van der Waals surface area contributed by atoms with Gasteiger partial charge in [0.2, 0.25) is 5.88 Å². The predicted molar refractivity (Wildman–Crippen MR) is 78.9 cm³/mol. The number of rotatable bonds is 5. The summed E-state index contributed by atoms with van der Waals surface area (Å²) in [4.78, 5) is 6.93. The first kappa shape index (κ1) is 14.1. The van der Waals surface area contributed by atoms with Crippen molar-refractivity contribution < 1.29 is 4.74 Å². The molecule has 0 aromatic carbocycles. The van der Waals surface area contributed by atoms with Crippen LogP contribution >= 0.6 is 0 Å². The number of aromatic nitrogens is 1. The summed E-state index contributed by atoms with van der Waals surface area (Å²) < 4.78 is 5.47. The highest BCUT2D eigenvalue weighted by molar-refractivity contribution is 5.41. The van der Waals surface area contributed by atoms with Gasteiger partial charge in [0.15, 0.2) is 0 Å². The van der Waals surface area contributed by atoms with E-state index in [1.807, 2.05) is 26.1 Å². The van der Waals surface area contributed by atoms with Crippen LogP contribution in [0.1, 0.15) is 26.7 Å². The second-order valence-corrected chi connectivity index (χ2v) is 5.17. The van der Waals surface area contributed by atoms with Crippen molar-refractivity contribution in [1.82, 2.24) is 10.3 Å². The van der Waals surface area contributed by atoms with E-state index in [9.17, 15) is 0 Å². The van der Waals surface area contributed by atoms with Crippen LogP contribution in [0.5, 0.6) is 5.88 Å². The Labute approximate surface area is 116 Å². The normalized spacial score (nSPS) is 18.4. The molecule has 1 saturated heterocycles. The van der Waals surface area contributed by atoms with Crippen LogP contribution in [-0.4, -0.2) is 37.8 Å². The molecule has 4 nitrogen and oxygen atoms in total. The van der Waals surface area contributed by atoms with Crippen LogP contribution in [0.4, 0.5) is 5.82 Å². The molecule has 1 atom stereocenters. The molecule has 0 bridgehead atoms. The molecule has 0 saturated carbocycles. The van der Waals surface area contributed by atoms with Crippen molar-refractivity contribution in [2.45, 2.75) is 32.7 Å². The summed E-state index contributed by atoms with van der Waals surface area (Å²) in [5, 5.41) is 3.36. The molecule has 19 heavy (non-hydrogen) atoms. The lowest BCUT2D eigenvalue weighted by Gasteiger charge is -2.35. The molecule has 1 unspecified atom stereocenters. The minimum atomic E-state index is 0.602. The van der Waals surface area contributed by atoms with Crippen molar-refractivity contribution in [1.29, 1.82) is 0 Å². The van der Waals surface area contributed by atoms with Crippen molar-refractivity contribution in [2.75, 3.05) is 31.6 Å². The number of piperidine rings is 1. The smallest absolute Gasteiger partial charge is 0.215 e.